The highest BCUT2D eigenvalue weighted by Crippen LogP contribution is 2.20. The fraction of sp³-hybridized carbons (Fsp3) is 0.929. The first-order valence-electron chi connectivity index (χ1n) is 41.6. The Bertz CT molecular complexity index is 1410. The van der Waals surface area contributed by atoms with E-state index in [9.17, 15) is 19.8 Å². The fourth-order valence-corrected chi connectivity index (χ4v) is 13.4. The zero-order chi connectivity index (χ0) is 64.9. The molecule has 0 aliphatic carbocycles. The summed E-state index contributed by atoms with van der Waals surface area (Å²) in [5.41, 5.74) is 0. The molecule has 0 aromatic carbocycles. The Morgan fingerprint density at radius 2 is 0.522 bits per heavy atom. The number of carbonyl (C=O) groups is 2. The van der Waals surface area contributed by atoms with Gasteiger partial charge in [-0.05, 0) is 57.8 Å². The van der Waals surface area contributed by atoms with Gasteiger partial charge < -0.3 is 20.3 Å². The van der Waals surface area contributed by atoms with E-state index in [0.29, 0.717) is 19.4 Å². The van der Waals surface area contributed by atoms with Crippen molar-refractivity contribution in [2.75, 3.05) is 13.2 Å². The molecule has 3 N–H and O–H groups in total. The smallest absolute Gasteiger partial charge is 0.305 e. The van der Waals surface area contributed by atoms with Crippen LogP contribution in [0.5, 0.6) is 0 Å². The Labute approximate surface area is 564 Å². The quantitative estimate of drug-likeness (QED) is 0.0320. The minimum absolute atomic E-state index is 0.0188. The molecule has 0 heterocycles. The van der Waals surface area contributed by atoms with Crippen LogP contribution in [0.1, 0.15) is 476 Å². The third-order valence-electron chi connectivity index (χ3n) is 19.7. The number of aliphatic hydroxyl groups is 2. The first-order valence-corrected chi connectivity index (χ1v) is 41.6. The zero-order valence-corrected chi connectivity index (χ0v) is 61.4. The molecule has 0 aromatic heterocycles. The predicted octanol–water partition coefficient (Wildman–Crippen LogP) is 27.6. The Balaban J connectivity index is 3.34. The molecule has 0 aromatic rings. The van der Waals surface area contributed by atoms with Crippen LogP contribution in [-0.4, -0.2) is 47.4 Å². The van der Waals surface area contributed by atoms with Crippen molar-refractivity contribution in [2.24, 2.45) is 0 Å². The third-order valence-corrected chi connectivity index (χ3v) is 19.7. The third kappa shape index (κ3) is 75.4. The average molecular weight is 1270 g/mol. The molecule has 0 radical (unpaired) electrons. The van der Waals surface area contributed by atoms with Gasteiger partial charge in [-0.15, -0.1) is 0 Å². The number of allylic oxidation sites excluding steroid dienone is 3. The van der Waals surface area contributed by atoms with Crippen molar-refractivity contribution >= 4 is 11.9 Å². The van der Waals surface area contributed by atoms with Crippen molar-refractivity contribution in [1.82, 2.24) is 5.32 Å². The largest absolute Gasteiger partial charge is 0.466 e. The highest BCUT2D eigenvalue weighted by atomic mass is 16.5. The van der Waals surface area contributed by atoms with E-state index >= 15 is 0 Å². The van der Waals surface area contributed by atoms with Crippen LogP contribution in [0.2, 0.25) is 0 Å². The van der Waals surface area contributed by atoms with Gasteiger partial charge in [-0.3, -0.25) is 9.59 Å². The van der Waals surface area contributed by atoms with Gasteiger partial charge in [-0.2, -0.15) is 0 Å². The summed E-state index contributed by atoms with van der Waals surface area (Å²) in [4.78, 5) is 24.7. The van der Waals surface area contributed by atoms with E-state index in [0.717, 1.165) is 44.9 Å². The highest BCUT2D eigenvalue weighted by molar-refractivity contribution is 5.76. The van der Waals surface area contributed by atoms with E-state index in [4.69, 9.17) is 4.74 Å². The standard InChI is InChI=1S/C84H163NO5/c1-3-5-7-9-11-13-15-17-19-21-22-23-24-35-38-41-45-48-52-56-60-64-68-72-76-82(87)81(80-86)85-83(88)77-73-69-65-61-57-53-49-46-42-39-36-33-31-29-27-25-26-28-30-32-34-37-40-43-47-51-55-59-63-67-71-75-79-90-84(89)78-74-70-66-62-58-54-50-44-20-18-16-14-12-10-8-6-4-2/h18,20,72,76,81-82,86-87H,3-17,19,21-71,73-75,77-80H2,1-2H3,(H,85,88)/b20-18-,76-72+. The maximum atomic E-state index is 12.6. The SMILES string of the molecule is CCCCCCCC/C=C\CCCCCCCCCC(=O)OCCCCCCCCCCCCCCCCCCCCCCCCCCCCCCCCCCC(=O)NC(CO)C(O)/C=C/CCCCCCCCCCCCCCCCCCCCCCCC. The molecule has 0 spiro atoms. The summed E-state index contributed by atoms with van der Waals surface area (Å²) in [5, 5.41) is 23.3. The van der Waals surface area contributed by atoms with Gasteiger partial charge in [0.25, 0.3) is 0 Å². The lowest BCUT2D eigenvalue weighted by Gasteiger charge is -2.20. The van der Waals surface area contributed by atoms with Crippen molar-refractivity contribution in [3.8, 4) is 0 Å². The number of rotatable bonds is 79. The molecule has 0 bridgehead atoms. The topological polar surface area (TPSA) is 95.9 Å². The van der Waals surface area contributed by atoms with Gasteiger partial charge in [0, 0.05) is 12.8 Å². The summed E-state index contributed by atoms with van der Waals surface area (Å²) in [6.07, 6.45) is 103. The lowest BCUT2D eigenvalue weighted by Crippen LogP contribution is -2.45. The average Bonchev–Trinajstić information content (AvgIpc) is 3.59. The van der Waals surface area contributed by atoms with Crippen LogP contribution in [-0.2, 0) is 14.3 Å². The molecule has 1 amide bonds. The monoisotopic (exact) mass is 1270 g/mol. The maximum absolute atomic E-state index is 12.6. The van der Waals surface area contributed by atoms with Crippen LogP contribution in [0.3, 0.4) is 0 Å². The summed E-state index contributed by atoms with van der Waals surface area (Å²) < 4.78 is 5.51. The number of unbranched alkanes of at least 4 members (excludes halogenated alkanes) is 66. The van der Waals surface area contributed by atoms with Gasteiger partial charge in [-0.1, -0.05) is 430 Å². The number of aliphatic hydroxyl groups excluding tert-OH is 2. The molecule has 0 fully saturated rings. The number of amides is 1. The van der Waals surface area contributed by atoms with Crippen LogP contribution in [0, 0.1) is 0 Å². The van der Waals surface area contributed by atoms with Gasteiger partial charge >= 0.3 is 5.97 Å². The van der Waals surface area contributed by atoms with Crippen molar-refractivity contribution < 1.29 is 24.5 Å². The molecular weight excluding hydrogens is 1100 g/mol. The second-order valence-corrected chi connectivity index (χ2v) is 28.8. The van der Waals surface area contributed by atoms with E-state index in [2.05, 4.69) is 31.3 Å². The first kappa shape index (κ1) is 88.3. The summed E-state index contributed by atoms with van der Waals surface area (Å²) in [6, 6.07) is -0.626. The molecule has 6 heteroatoms. The minimum Gasteiger partial charge on any atom is -0.466 e. The van der Waals surface area contributed by atoms with Gasteiger partial charge in [-0.25, -0.2) is 0 Å². The summed E-state index contributed by atoms with van der Waals surface area (Å²) in [7, 11) is 0. The molecular formula is C84H163NO5. The van der Waals surface area contributed by atoms with Crippen molar-refractivity contribution in [3.05, 3.63) is 24.3 Å². The van der Waals surface area contributed by atoms with Crippen LogP contribution in [0.4, 0.5) is 0 Å². The molecule has 0 saturated heterocycles. The van der Waals surface area contributed by atoms with Crippen molar-refractivity contribution in [3.63, 3.8) is 0 Å². The lowest BCUT2D eigenvalue weighted by molar-refractivity contribution is -0.143. The van der Waals surface area contributed by atoms with Crippen molar-refractivity contribution in [2.45, 2.75) is 488 Å². The molecule has 0 aliphatic heterocycles. The van der Waals surface area contributed by atoms with Crippen molar-refractivity contribution in [1.29, 1.82) is 0 Å². The summed E-state index contributed by atoms with van der Waals surface area (Å²) >= 11 is 0. The molecule has 2 atom stereocenters. The van der Waals surface area contributed by atoms with Gasteiger partial charge in [0.2, 0.25) is 5.91 Å². The van der Waals surface area contributed by atoms with Gasteiger partial charge in [0.1, 0.15) is 0 Å². The van der Waals surface area contributed by atoms with E-state index in [1.807, 2.05) is 6.08 Å². The first-order chi connectivity index (χ1) is 44.5. The second-order valence-electron chi connectivity index (χ2n) is 28.8. The summed E-state index contributed by atoms with van der Waals surface area (Å²) in [6.45, 7) is 4.96. The van der Waals surface area contributed by atoms with E-state index < -0.39 is 12.1 Å². The van der Waals surface area contributed by atoms with E-state index in [-0.39, 0.29) is 18.5 Å². The molecule has 2 unspecified atom stereocenters. The fourth-order valence-electron chi connectivity index (χ4n) is 13.4. The Kier molecular flexibility index (Phi) is 78.3. The van der Waals surface area contributed by atoms with E-state index in [1.54, 1.807) is 6.08 Å². The number of esters is 1. The van der Waals surface area contributed by atoms with Crippen LogP contribution in [0.15, 0.2) is 24.3 Å². The maximum Gasteiger partial charge on any atom is 0.305 e. The number of nitrogens with one attached hydrogen (secondary N) is 1. The molecule has 0 saturated carbocycles. The minimum atomic E-state index is -0.843. The van der Waals surface area contributed by atoms with Crippen LogP contribution < -0.4 is 5.32 Å². The van der Waals surface area contributed by atoms with Gasteiger partial charge in [0.15, 0.2) is 0 Å². The van der Waals surface area contributed by atoms with Crippen LogP contribution in [0.25, 0.3) is 0 Å². The zero-order valence-electron chi connectivity index (χ0n) is 61.4. The normalized spacial score (nSPS) is 12.5. The number of hydrogen-bond acceptors (Lipinski definition) is 5. The van der Waals surface area contributed by atoms with Gasteiger partial charge in [0.05, 0.1) is 25.4 Å². The molecule has 0 aliphatic rings. The number of carbonyl (C=O) groups excluding carboxylic acids is 2. The van der Waals surface area contributed by atoms with E-state index in [1.165, 1.54) is 405 Å². The molecule has 6 nitrogen and oxygen atoms in total. The Hall–Kier alpha value is -1.66. The van der Waals surface area contributed by atoms with Crippen LogP contribution >= 0.6 is 0 Å². The molecule has 534 valence electrons. The predicted molar refractivity (Wildman–Crippen MR) is 398 cm³/mol. The lowest BCUT2D eigenvalue weighted by atomic mass is 10.0. The number of hydrogen-bond donors (Lipinski definition) is 3. The highest BCUT2D eigenvalue weighted by Gasteiger charge is 2.18. The molecule has 0 rings (SSSR count). The molecule has 90 heavy (non-hydrogen) atoms. The Morgan fingerprint density at radius 3 is 0.789 bits per heavy atom. The summed E-state index contributed by atoms with van der Waals surface area (Å²) in [5.74, 6) is -0.0390. The second kappa shape index (κ2) is 79.8. The number of ether oxygens (including phenoxy) is 1. The Morgan fingerprint density at radius 1 is 0.300 bits per heavy atom.